The zero-order chi connectivity index (χ0) is 12.4. The third-order valence-corrected chi connectivity index (χ3v) is 4.28. The van der Waals surface area contributed by atoms with Crippen LogP contribution in [0, 0.1) is 5.92 Å². The molecule has 0 amide bonds. The van der Waals surface area contributed by atoms with Crippen molar-refractivity contribution in [3.05, 3.63) is 17.7 Å². The largest absolute Gasteiger partial charge is 0.396 e. The zero-order valence-electron chi connectivity index (χ0n) is 11.0. The second-order valence-corrected chi connectivity index (χ2v) is 5.69. The highest BCUT2D eigenvalue weighted by atomic mass is 16.3. The van der Waals surface area contributed by atoms with Crippen LogP contribution in [0.4, 0.5) is 0 Å². The number of hydrogen-bond donors (Lipinski definition) is 1. The average molecular weight is 249 g/mol. The van der Waals surface area contributed by atoms with Crippen molar-refractivity contribution in [3.8, 4) is 0 Å². The van der Waals surface area contributed by atoms with Crippen molar-refractivity contribution in [2.75, 3.05) is 26.2 Å². The van der Waals surface area contributed by atoms with E-state index in [2.05, 4.69) is 15.7 Å². The quantitative estimate of drug-likeness (QED) is 0.868. The van der Waals surface area contributed by atoms with E-state index in [9.17, 15) is 5.11 Å². The summed E-state index contributed by atoms with van der Waals surface area (Å²) in [6.07, 6.45) is 8.10. The van der Waals surface area contributed by atoms with Crippen LogP contribution in [-0.4, -0.2) is 45.8 Å². The fraction of sp³-hybridized carbons (Fsp3) is 0.786. The number of likely N-dealkylation sites (tertiary alicyclic amines) is 1. The van der Waals surface area contributed by atoms with Gasteiger partial charge in [-0.15, -0.1) is 0 Å². The van der Waals surface area contributed by atoms with Crippen molar-refractivity contribution < 1.29 is 5.11 Å². The van der Waals surface area contributed by atoms with Gasteiger partial charge in [0.15, 0.2) is 0 Å². The first-order chi connectivity index (χ1) is 8.85. The summed E-state index contributed by atoms with van der Waals surface area (Å²) in [6.45, 7) is 4.93. The van der Waals surface area contributed by atoms with Crippen LogP contribution in [0.3, 0.4) is 0 Å². The van der Waals surface area contributed by atoms with Crippen molar-refractivity contribution in [3.63, 3.8) is 0 Å². The predicted octanol–water partition coefficient (Wildman–Crippen LogP) is 1.08. The van der Waals surface area contributed by atoms with Gasteiger partial charge >= 0.3 is 0 Å². The molecular weight excluding hydrogens is 226 g/mol. The van der Waals surface area contributed by atoms with E-state index in [1.807, 2.05) is 0 Å². The molecule has 0 spiro atoms. The van der Waals surface area contributed by atoms with E-state index < -0.39 is 0 Å². The van der Waals surface area contributed by atoms with Gasteiger partial charge in [0.2, 0.25) is 0 Å². The number of rotatable bonds is 4. The Hall–Kier alpha value is -0.870. The van der Waals surface area contributed by atoms with Crippen molar-refractivity contribution in [2.24, 2.45) is 5.92 Å². The second kappa shape index (κ2) is 5.41. The molecule has 4 heteroatoms. The summed E-state index contributed by atoms with van der Waals surface area (Å²) >= 11 is 0. The fourth-order valence-corrected chi connectivity index (χ4v) is 3.12. The van der Waals surface area contributed by atoms with Gasteiger partial charge in [0.25, 0.3) is 0 Å². The first-order valence-corrected chi connectivity index (χ1v) is 7.23. The Kier molecular flexibility index (Phi) is 3.66. The minimum Gasteiger partial charge on any atom is -0.396 e. The highest BCUT2D eigenvalue weighted by Gasteiger charge is 2.20. The average Bonchev–Trinajstić information content (AvgIpc) is 3.04. The molecule has 0 aromatic carbocycles. The third-order valence-electron chi connectivity index (χ3n) is 4.28. The monoisotopic (exact) mass is 249 g/mol. The Morgan fingerprint density at radius 3 is 2.94 bits per heavy atom. The molecular formula is C14H23N3O. The van der Waals surface area contributed by atoms with E-state index >= 15 is 0 Å². The molecule has 2 aliphatic heterocycles. The molecule has 1 fully saturated rings. The van der Waals surface area contributed by atoms with Crippen LogP contribution >= 0.6 is 0 Å². The molecule has 0 radical (unpaired) electrons. The molecule has 0 saturated carbocycles. The minimum absolute atomic E-state index is 0.306. The van der Waals surface area contributed by atoms with E-state index in [0.29, 0.717) is 12.5 Å². The normalized spacial score (nSPS) is 24.4. The van der Waals surface area contributed by atoms with E-state index in [1.54, 1.807) is 0 Å². The molecule has 1 aromatic heterocycles. The van der Waals surface area contributed by atoms with E-state index in [-0.39, 0.29) is 0 Å². The number of aliphatic hydroxyl groups is 1. The third kappa shape index (κ3) is 2.59. The summed E-state index contributed by atoms with van der Waals surface area (Å²) < 4.78 is 2.25. The smallest absolute Gasteiger partial charge is 0.108 e. The number of imidazole rings is 1. The summed E-state index contributed by atoms with van der Waals surface area (Å²) in [4.78, 5) is 7.27. The van der Waals surface area contributed by atoms with Gasteiger partial charge in [-0.3, -0.25) is 0 Å². The number of aromatic nitrogens is 2. The summed E-state index contributed by atoms with van der Waals surface area (Å²) in [6, 6.07) is 0. The number of aryl methyl sites for hydroxylation is 1. The molecule has 3 rings (SSSR count). The number of hydrogen-bond acceptors (Lipinski definition) is 3. The highest BCUT2D eigenvalue weighted by Crippen LogP contribution is 2.20. The molecule has 0 aliphatic carbocycles. The lowest BCUT2D eigenvalue weighted by molar-refractivity contribution is 0.190. The van der Waals surface area contributed by atoms with Crippen molar-refractivity contribution in [1.82, 2.24) is 14.5 Å². The van der Waals surface area contributed by atoms with Gasteiger partial charge in [0.1, 0.15) is 5.82 Å². The van der Waals surface area contributed by atoms with E-state index in [1.165, 1.54) is 37.4 Å². The first-order valence-electron chi connectivity index (χ1n) is 7.23. The van der Waals surface area contributed by atoms with Gasteiger partial charge in [0.05, 0.1) is 5.69 Å². The summed E-state index contributed by atoms with van der Waals surface area (Å²) in [5, 5.41) is 9.23. The maximum Gasteiger partial charge on any atom is 0.108 e. The van der Waals surface area contributed by atoms with Gasteiger partial charge in [-0.05, 0) is 32.4 Å². The molecule has 1 aromatic rings. The molecule has 0 bridgehead atoms. The summed E-state index contributed by atoms with van der Waals surface area (Å²) in [5.41, 5.74) is 1.23. The maximum atomic E-state index is 9.23. The standard InChI is InChI=1S/C14H23N3O/c18-11-12-3-4-14-15-13(10-17(14)9-12)5-8-16-6-1-2-7-16/h10,12,18H,1-9,11H2. The second-order valence-electron chi connectivity index (χ2n) is 5.69. The lowest BCUT2D eigenvalue weighted by Gasteiger charge is -2.21. The van der Waals surface area contributed by atoms with Crippen LogP contribution in [0.25, 0.3) is 0 Å². The molecule has 3 heterocycles. The molecule has 1 saturated heterocycles. The fourth-order valence-electron chi connectivity index (χ4n) is 3.12. The topological polar surface area (TPSA) is 41.3 Å². The van der Waals surface area contributed by atoms with Crippen LogP contribution in [-0.2, 0) is 19.4 Å². The summed E-state index contributed by atoms with van der Waals surface area (Å²) in [7, 11) is 0. The molecule has 4 nitrogen and oxygen atoms in total. The lowest BCUT2D eigenvalue weighted by atomic mass is 10.0. The van der Waals surface area contributed by atoms with Crippen molar-refractivity contribution >= 4 is 0 Å². The van der Waals surface area contributed by atoms with Crippen LogP contribution < -0.4 is 0 Å². The molecule has 1 atom stereocenters. The molecule has 1 unspecified atom stereocenters. The SMILES string of the molecule is OCC1CCc2nc(CCN3CCCC3)cn2C1. The predicted molar refractivity (Wildman–Crippen MR) is 70.5 cm³/mol. The van der Waals surface area contributed by atoms with Crippen molar-refractivity contribution in [2.45, 2.75) is 38.6 Å². The van der Waals surface area contributed by atoms with Crippen LogP contribution in [0.2, 0.25) is 0 Å². The van der Waals surface area contributed by atoms with E-state index in [0.717, 1.165) is 32.4 Å². The Balaban J connectivity index is 1.59. The van der Waals surface area contributed by atoms with Gasteiger partial charge in [-0.1, -0.05) is 0 Å². The number of fused-ring (bicyclic) bond motifs is 1. The lowest BCUT2D eigenvalue weighted by Crippen LogP contribution is -2.22. The highest BCUT2D eigenvalue weighted by molar-refractivity contribution is 5.07. The van der Waals surface area contributed by atoms with Crippen molar-refractivity contribution in [1.29, 1.82) is 0 Å². The number of nitrogens with zero attached hydrogens (tertiary/aromatic N) is 3. The first kappa shape index (κ1) is 12.2. The molecule has 1 N–H and O–H groups in total. The summed E-state index contributed by atoms with van der Waals surface area (Å²) in [5.74, 6) is 1.65. The Labute approximate surface area is 109 Å². The Morgan fingerprint density at radius 2 is 2.17 bits per heavy atom. The Morgan fingerprint density at radius 1 is 1.33 bits per heavy atom. The van der Waals surface area contributed by atoms with Gasteiger partial charge in [-0.2, -0.15) is 0 Å². The van der Waals surface area contributed by atoms with Gasteiger partial charge in [0, 0.05) is 44.7 Å². The van der Waals surface area contributed by atoms with Gasteiger partial charge < -0.3 is 14.6 Å². The maximum absolute atomic E-state index is 9.23. The molecule has 2 aliphatic rings. The number of aliphatic hydroxyl groups excluding tert-OH is 1. The Bertz CT molecular complexity index is 396. The van der Waals surface area contributed by atoms with Gasteiger partial charge in [-0.25, -0.2) is 4.98 Å². The minimum atomic E-state index is 0.306. The van der Waals surface area contributed by atoms with Crippen LogP contribution in [0.15, 0.2) is 6.20 Å². The molecule has 18 heavy (non-hydrogen) atoms. The molecule has 100 valence electrons. The zero-order valence-corrected chi connectivity index (χ0v) is 11.0. The van der Waals surface area contributed by atoms with Crippen LogP contribution in [0.5, 0.6) is 0 Å². The van der Waals surface area contributed by atoms with E-state index in [4.69, 9.17) is 4.98 Å². The van der Waals surface area contributed by atoms with Crippen LogP contribution in [0.1, 0.15) is 30.8 Å².